The fraction of sp³-hybridized carbons (Fsp3) is 0.438. The maximum Gasteiger partial charge on any atom is 0.142 e. The molecule has 40 heavy (non-hydrogen) atoms. The number of fused-ring (bicyclic) bond motifs is 1. The highest BCUT2D eigenvalue weighted by molar-refractivity contribution is 5.61. The van der Waals surface area contributed by atoms with Crippen LogP contribution in [0.15, 0.2) is 66.7 Å². The van der Waals surface area contributed by atoms with Gasteiger partial charge >= 0.3 is 0 Å². The van der Waals surface area contributed by atoms with Crippen LogP contribution < -0.4 is 24.4 Å². The lowest BCUT2D eigenvalue weighted by Gasteiger charge is -2.33. The largest absolute Gasteiger partial charge is 0.490 e. The molecule has 0 radical (unpaired) electrons. The third-order valence-corrected chi connectivity index (χ3v) is 7.39. The van der Waals surface area contributed by atoms with E-state index in [1.807, 2.05) is 12.1 Å². The van der Waals surface area contributed by atoms with Crippen molar-refractivity contribution in [3.63, 3.8) is 0 Å². The van der Waals surface area contributed by atoms with Crippen LogP contribution in [0.1, 0.15) is 29.9 Å². The van der Waals surface area contributed by atoms with Gasteiger partial charge in [0, 0.05) is 32.7 Å². The number of nitrogens with one attached hydrogen (secondary N) is 1. The van der Waals surface area contributed by atoms with E-state index in [2.05, 4.69) is 40.5 Å². The first-order chi connectivity index (χ1) is 19.7. The van der Waals surface area contributed by atoms with Gasteiger partial charge in [-0.2, -0.15) is 0 Å². The number of halogens is 1. The molecule has 5 rings (SSSR count). The second kappa shape index (κ2) is 14.3. The third-order valence-electron chi connectivity index (χ3n) is 7.39. The summed E-state index contributed by atoms with van der Waals surface area (Å²) in [5, 5.41) is 3.49. The van der Waals surface area contributed by atoms with Gasteiger partial charge in [-0.05, 0) is 79.0 Å². The van der Waals surface area contributed by atoms with Crippen molar-refractivity contribution < 1.29 is 28.1 Å². The molecule has 1 N–H and O–H groups in total. The molecule has 0 amide bonds. The molecule has 2 aliphatic rings. The highest BCUT2D eigenvalue weighted by atomic mass is 19.1. The van der Waals surface area contributed by atoms with E-state index in [-0.39, 0.29) is 11.9 Å². The number of ether oxygens (including phenoxy) is 5. The summed E-state index contributed by atoms with van der Waals surface area (Å²) in [4.78, 5) is 2.38. The predicted molar refractivity (Wildman–Crippen MR) is 153 cm³/mol. The van der Waals surface area contributed by atoms with Gasteiger partial charge in [0.1, 0.15) is 42.9 Å². The normalized spacial score (nSPS) is 18.6. The number of hydrogen-bond donors (Lipinski definition) is 1. The number of piperidine rings is 1. The molecule has 214 valence electrons. The zero-order chi connectivity index (χ0) is 27.6. The molecular formula is C32H39FN2O5. The molecule has 0 unspecified atom stereocenters. The van der Waals surface area contributed by atoms with E-state index in [0.29, 0.717) is 38.1 Å². The van der Waals surface area contributed by atoms with Crippen LogP contribution in [-0.4, -0.2) is 65.8 Å². The Kier molecular flexibility index (Phi) is 10.1. The highest BCUT2D eigenvalue weighted by Crippen LogP contribution is 2.34. The number of anilines is 1. The minimum atomic E-state index is -0.278. The van der Waals surface area contributed by atoms with E-state index >= 15 is 0 Å². The van der Waals surface area contributed by atoms with Crippen molar-refractivity contribution in [1.29, 1.82) is 0 Å². The Morgan fingerprint density at radius 1 is 0.950 bits per heavy atom. The first-order valence-electron chi connectivity index (χ1n) is 14.1. The second-order valence-corrected chi connectivity index (χ2v) is 10.2. The van der Waals surface area contributed by atoms with Crippen LogP contribution in [0, 0.1) is 5.82 Å². The van der Waals surface area contributed by atoms with Gasteiger partial charge in [-0.15, -0.1) is 0 Å². The summed E-state index contributed by atoms with van der Waals surface area (Å²) in [6.07, 6.45) is 2.08. The van der Waals surface area contributed by atoms with Crippen LogP contribution in [-0.2, 0) is 16.1 Å². The molecule has 0 saturated carbocycles. The number of hydrogen-bond acceptors (Lipinski definition) is 7. The summed E-state index contributed by atoms with van der Waals surface area (Å²) in [7, 11) is 1.74. The van der Waals surface area contributed by atoms with Crippen molar-refractivity contribution in [1.82, 2.24) is 5.32 Å². The quantitative estimate of drug-likeness (QED) is 0.294. The van der Waals surface area contributed by atoms with Gasteiger partial charge in [0.05, 0.1) is 24.9 Å². The highest BCUT2D eigenvalue weighted by Gasteiger charge is 2.27. The molecule has 0 spiro atoms. The molecular weight excluding hydrogens is 511 g/mol. The zero-order valence-electron chi connectivity index (χ0n) is 23.2. The molecule has 7 nitrogen and oxygen atoms in total. The number of benzene rings is 3. The number of methoxy groups -OCH3 is 1. The van der Waals surface area contributed by atoms with E-state index in [4.69, 9.17) is 23.7 Å². The minimum Gasteiger partial charge on any atom is -0.490 e. The van der Waals surface area contributed by atoms with E-state index in [1.165, 1.54) is 17.7 Å². The Morgan fingerprint density at radius 2 is 1.70 bits per heavy atom. The Hall–Kier alpha value is -3.33. The summed E-state index contributed by atoms with van der Waals surface area (Å²) in [6, 6.07) is 20.7. The van der Waals surface area contributed by atoms with Gasteiger partial charge in [-0.1, -0.05) is 18.2 Å². The minimum absolute atomic E-state index is 0.0784. The molecule has 0 bridgehead atoms. The van der Waals surface area contributed by atoms with Crippen molar-refractivity contribution in [2.24, 2.45) is 0 Å². The lowest BCUT2D eigenvalue weighted by molar-refractivity contribution is 0.0106. The van der Waals surface area contributed by atoms with E-state index < -0.39 is 0 Å². The van der Waals surface area contributed by atoms with Gasteiger partial charge in [0.15, 0.2) is 0 Å². The van der Waals surface area contributed by atoms with Crippen LogP contribution in [0.4, 0.5) is 10.1 Å². The molecule has 2 aliphatic heterocycles. The number of rotatable bonds is 13. The van der Waals surface area contributed by atoms with Gasteiger partial charge in [-0.25, -0.2) is 4.39 Å². The predicted octanol–water partition coefficient (Wildman–Crippen LogP) is 5.18. The summed E-state index contributed by atoms with van der Waals surface area (Å²) >= 11 is 0. The molecule has 0 aliphatic carbocycles. The standard InChI is InChI=1S/C32H39FN2O5/c1-36-17-2-15-35-16-18-39-31-12-3-24(21-30(31)35)23-40-32-22-34-14-13-29(32)25-4-8-27(9-5-25)37-19-20-38-28-10-6-26(33)7-11-28/h3-12,21,29,32,34H,2,13-20,22-23H2,1H3/t29-,32+/m1/s1. The van der Waals surface area contributed by atoms with Crippen molar-refractivity contribution in [3.8, 4) is 17.2 Å². The lowest BCUT2D eigenvalue weighted by atomic mass is 9.87. The van der Waals surface area contributed by atoms with E-state index in [1.54, 1.807) is 19.2 Å². The van der Waals surface area contributed by atoms with Gasteiger partial charge in [0.2, 0.25) is 0 Å². The van der Waals surface area contributed by atoms with Crippen LogP contribution in [0.3, 0.4) is 0 Å². The summed E-state index contributed by atoms with van der Waals surface area (Å²) in [5.41, 5.74) is 3.54. The number of nitrogens with zero attached hydrogens (tertiary/aromatic N) is 1. The maximum atomic E-state index is 13.0. The van der Waals surface area contributed by atoms with Crippen molar-refractivity contribution in [2.45, 2.75) is 31.5 Å². The van der Waals surface area contributed by atoms with Crippen LogP contribution >= 0.6 is 0 Å². The van der Waals surface area contributed by atoms with Crippen molar-refractivity contribution in [2.75, 3.05) is 64.6 Å². The smallest absolute Gasteiger partial charge is 0.142 e. The molecule has 3 aromatic rings. The zero-order valence-corrected chi connectivity index (χ0v) is 23.2. The van der Waals surface area contributed by atoms with Crippen molar-refractivity contribution in [3.05, 3.63) is 83.7 Å². The third kappa shape index (κ3) is 7.65. The monoisotopic (exact) mass is 550 g/mol. The topological polar surface area (TPSA) is 61.4 Å². The Bertz CT molecular complexity index is 1190. The van der Waals surface area contributed by atoms with Crippen LogP contribution in [0.2, 0.25) is 0 Å². The Morgan fingerprint density at radius 3 is 2.45 bits per heavy atom. The Balaban J connectivity index is 1.13. The first kappa shape index (κ1) is 28.2. The molecule has 1 fully saturated rings. The molecule has 2 atom stereocenters. The lowest BCUT2D eigenvalue weighted by Crippen LogP contribution is -2.41. The van der Waals surface area contributed by atoms with E-state index in [9.17, 15) is 4.39 Å². The van der Waals surface area contributed by atoms with Gasteiger partial charge in [0.25, 0.3) is 0 Å². The summed E-state index contributed by atoms with van der Waals surface area (Å²) in [6.45, 7) is 6.43. The second-order valence-electron chi connectivity index (χ2n) is 10.2. The fourth-order valence-corrected chi connectivity index (χ4v) is 5.29. The summed E-state index contributed by atoms with van der Waals surface area (Å²) in [5.74, 6) is 2.39. The Labute approximate surface area is 236 Å². The SMILES string of the molecule is COCCCN1CCOc2ccc(CO[C@H]3CNCC[C@@H]3c3ccc(OCCOc4ccc(F)cc4)cc3)cc21. The molecule has 1 saturated heterocycles. The van der Waals surface area contributed by atoms with Gasteiger partial charge < -0.3 is 33.9 Å². The average Bonchev–Trinajstić information content (AvgIpc) is 3.00. The molecule has 0 aromatic heterocycles. The first-order valence-corrected chi connectivity index (χ1v) is 14.1. The fourth-order valence-electron chi connectivity index (χ4n) is 5.29. The maximum absolute atomic E-state index is 13.0. The molecule has 2 heterocycles. The van der Waals surface area contributed by atoms with Crippen LogP contribution in [0.25, 0.3) is 0 Å². The van der Waals surface area contributed by atoms with Crippen molar-refractivity contribution >= 4 is 5.69 Å². The van der Waals surface area contributed by atoms with Crippen LogP contribution in [0.5, 0.6) is 17.2 Å². The molecule has 3 aromatic carbocycles. The van der Waals surface area contributed by atoms with E-state index in [0.717, 1.165) is 68.4 Å². The van der Waals surface area contributed by atoms with Gasteiger partial charge in [-0.3, -0.25) is 0 Å². The summed E-state index contributed by atoms with van der Waals surface area (Å²) < 4.78 is 42.1. The molecule has 8 heteroatoms. The average molecular weight is 551 g/mol.